The number of amides is 1. The molecule has 3 aromatic rings. The van der Waals surface area contributed by atoms with Gasteiger partial charge in [0.2, 0.25) is 0 Å². The van der Waals surface area contributed by atoms with E-state index in [2.05, 4.69) is 0 Å². The van der Waals surface area contributed by atoms with Crippen LogP contribution in [0.1, 0.15) is 5.56 Å². The summed E-state index contributed by atoms with van der Waals surface area (Å²) in [5.41, 5.74) is 2.05. The highest BCUT2D eigenvalue weighted by molar-refractivity contribution is 7.99. The first kappa shape index (κ1) is 19.0. The lowest BCUT2D eigenvalue weighted by Gasteiger charge is -2.30. The van der Waals surface area contributed by atoms with Gasteiger partial charge in [-0.3, -0.25) is 9.69 Å². The van der Waals surface area contributed by atoms with E-state index in [1.165, 1.54) is 24.3 Å². The molecule has 1 amide bonds. The second kappa shape index (κ2) is 8.32. The lowest BCUT2D eigenvalue weighted by molar-refractivity contribution is -0.142. The molecule has 0 N–H and O–H groups in total. The zero-order valence-corrected chi connectivity index (χ0v) is 16.1. The van der Waals surface area contributed by atoms with Crippen molar-refractivity contribution in [1.82, 2.24) is 0 Å². The Morgan fingerprint density at radius 3 is 2.24 bits per heavy atom. The standard InChI is InChI=1S/C23H16FNO3S/c24-17-7-5-6-16(14-17)12-13-23(27)28-15-22(26)25-18-8-1-3-10-20(18)29-21-11-4-2-9-19(21)25/h1-14H,15H2/b13-12+. The van der Waals surface area contributed by atoms with E-state index in [4.69, 9.17) is 4.74 Å². The van der Waals surface area contributed by atoms with E-state index >= 15 is 0 Å². The molecule has 0 unspecified atom stereocenters. The van der Waals surface area contributed by atoms with Crippen LogP contribution in [0.2, 0.25) is 0 Å². The summed E-state index contributed by atoms with van der Waals surface area (Å²) in [6, 6.07) is 21.0. The molecule has 0 aromatic heterocycles. The summed E-state index contributed by atoms with van der Waals surface area (Å²) in [5, 5.41) is 0. The van der Waals surface area contributed by atoms with Crippen molar-refractivity contribution in [2.45, 2.75) is 9.79 Å². The number of rotatable bonds is 4. The number of nitrogens with zero attached hydrogens (tertiary/aromatic N) is 1. The fourth-order valence-electron chi connectivity index (χ4n) is 2.99. The van der Waals surface area contributed by atoms with Gasteiger partial charge in [0.15, 0.2) is 6.61 Å². The molecular formula is C23H16FNO3S. The van der Waals surface area contributed by atoms with Crippen LogP contribution in [0.15, 0.2) is 88.7 Å². The fourth-order valence-corrected chi connectivity index (χ4v) is 4.05. The van der Waals surface area contributed by atoms with Crippen LogP contribution in [-0.2, 0) is 14.3 Å². The molecule has 0 fully saturated rings. The summed E-state index contributed by atoms with van der Waals surface area (Å²) in [7, 11) is 0. The molecule has 3 aromatic carbocycles. The van der Waals surface area contributed by atoms with Crippen molar-refractivity contribution in [3.8, 4) is 0 Å². The van der Waals surface area contributed by atoms with E-state index in [0.29, 0.717) is 5.56 Å². The first-order valence-electron chi connectivity index (χ1n) is 8.91. The highest BCUT2D eigenvalue weighted by Crippen LogP contribution is 2.47. The van der Waals surface area contributed by atoms with Gasteiger partial charge in [0.1, 0.15) is 5.82 Å². The molecule has 1 heterocycles. The average molecular weight is 405 g/mol. The minimum absolute atomic E-state index is 0.349. The number of carbonyl (C=O) groups excluding carboxylic acids is 2. The van der Waals surface area contributed by atoms with Gasteiger partial charge in [0, 0.05) is 15.9 Å². The fraction of sp³-hybridized carbons (Fsp3) is 0.0435. The minimum Gasteiger partial charge on any atom is -0.452 e. The number of carbonyl (C=O) groups is 2. The molecule has 1 aliphatic rings. The molecule has 144 valence electrons. The number of ether oxygens (including phenoxy) is 1. The number of esters is 1. The third-order valence-corrected chi connectivity index (χ3v) is 5.41. The topological polar surface area (TPSA) is 46.6 Å². The molecule has 4 rings (SSSR count). The van der Waals surface area contributed by atoms with Crippen molar-refractivity contribution in [3.63, 3.8) is 0 Å². The van der Waals surface area contributed by atoms with Gasteiger partial charge in [0.05, 0.1) is 11.4 Å². The van der Waals surface area contributed by atoms with Crippen LogP contribution in [-0.4, -0.2) is 18.5 Å². The maximum absolute atomic E-state index is 13.2. The van der Waals surface area contributed by atoms with Crippen molar-refractivity contribution >= 4 is 41.1 Å². The molecule has 0 radical (unpaired) electrons. The Kier molecular flexibility index (Phi) is 5.44. The molecule has 0 saturated carbocycles. The normalized spacial score (nSPS) is 12.4. The van der Waals surface area contributed by atoms with Crippen LogP contribution in [0.5, 0.6) is 0 Å². The predicted octanol–water partition coefficient (Wildman–Crippen LogP) is 5.21. The molecule has 0 atom stereocenters. The van der Waals surface area contributed by atoms with E-state index in [-0.39, 0.29) is 5.91 Å². The number of halogens is 1. The van der Waals surface area contributed by atoms with Crippen molar-refractivity contribution in [3.05, 3.63) is 90.3 Å². The summed E-state index contributed by atoms with van der Waals surface area (Å²) >= 11 is 1.59. The number of para-hydroxylation sites is 2. The van der Waals surface area contributed by atoms with Crippen LogP contribution in [0.4, 0.5) is 15.8 Å². The zero-order chi connectivity index (χ0) is 20.2. The highest BCUT2D eigenvalue weighted by atomic mass is 32.2. The number of hydrogen-bond acceptors (Lipinski definition) is 4. The van der Waals surface area contributed by atoms with E-state index in [1.54, 1.807) is 28.8 Å². The number of fused-ring (bicyclic) bond motifs is 2. The lowest BCUT2D eigenvalue weighted by Crippen LogP contribution is -2.32. The summed E-state index contributed by atoms with van der Waals surface area (Å²) in [4.78, 5) is 28.4. The second-order valence-corrected chi connectivity index (χ2v) is 7.35. The summed E-state index contributed by atoms with van der Waals surface area (Å²) in [6.07, 6.45) is 2.62. The molecule has 6 heteroatoms. The number of anilines is 2. The summed E-state index contributed by atoms with van der Waals surface area (Å²) < 4.78 is 18.3. The number of hydrogen-bond donors (Lipinski definition) is 0. The quantitative estimate of drug-likeness (QED) is 0.442. The van der Waals surface area contributed by atoms with Gasteiger partial charge in [0.25, 0.3) is 5.91 Å². The van der Waals surface area contributed by atoms with E-state index < -0.39 is 18.4 Å². The van der Waals surface area contributed by atoms with Crippen molar-refractivity contribution in [2.75, 3.05) is 11.5 Å². The molecule has 0 aliphatic carbocycles. The van der Waals surface area contributed by atoms with Gasteiger partial charge in [-0.15, -0.1) is 0 Å². The maximum atomic E-state index is 13.2. The molecule has 0 bridgehead atoms. The summed E-state index contributed by atoms with van der Waals surface area (Å²) in [5.74, 6) is -1.41. The lowest BCUT2D eigenvalue weighted by atomic mass is 10.2. The molecule has 1 aliphatic heterocycles. The van der Waals surface area contributed by atoms with Crippen LogP contribution < -0.4 is 4.90 Å². The van der Waals surface area contributed by atoms with Crippen LogP contribution in [0, 0.1) is 5.82 Å². The van der Waals surface area contributed by atoms with E-state index in [9.17, 15) is 14.0 Å². The molecule has 4 nitrogen and oxygen atoms in total. The smallest absolute Gasteiger partial charge is 0.331 e. The molecular weight excluding hydrogens is 389 g/mol. The first-order valence-corrected chi connectivity index (χ1v) is 9.73. The first-order chi connectivity index (χ1) is 14.1. The van der Waals surface area contributed by atoms with Crippen LogP contribution in [0.25, 0.3) is 6.08 Å². The largest absolute Gasteiger partial charge is 0.452 e. The predicted molar refractivity (Wildman–Crippen MR) is 111 cm³/mol. The Hall–Kier alpha value is -3.38. The van der Waals surface area contributed by atoms with Crippen molar-refractivity contribution < 1.29 is 18.7 Å². The Morgan fingerprint density at radius 2 is 1.59 bits per heavy atom. The molecule has 0 spiro atoms. The highest BCUT2D eigenvalue weighted by Gasteiger charge is 2.28. The maximum Gasteiger partial charge on any atom is 0.331 e. The van der Waals surface area contributed by atoms with Gasteiger partial charge in [-0.2, -0.15) is 0 Å². The second-order valence-electron chi connectivity index (χ2n) is 6.26. The number of benzene rings is 3. The Bertz CT molecular complexity index is 1070. The van der Waals surface area contributed by atoms with Gasteiger partial charge >= 0.3 is 5.97 Å². The third-order valence-electron chi connectivity index (χ3n) is 4.28. The molecule has 29 heavy (non-hydrogen) atoms. The monoisotopic (exact) mass is 405 g/mol. The Morgan fingerprint density at radius 1 is 0.931 bits per heavy atom. The van der Waals surface area contributed by atoms with Gasteiger partial charge in [-0.25, -0.2) is 9.18 Å². The SMILES string of the molecule is O=C(/C=C/c1cccc(F)c1)OCC(=O)N1c2ccccc2Sc2ccccc21. The minimum atomic E-state index is -0.671. The van der Waals surface area contributed by atoms with Crippen LogP contribution >= 0.6 is 11.8 Å². The van der Waals surface area contributed by atoms with Gasteiger partial charge in [-0.1, -0.05) is 48.2 Å². The van der Waals surface area contributed by atoms with E-state index in [0.717, 1.165) is 21.2 Å². The van der Waals surface area contributed by atoms with Gasteiger partial charge in [-0.05, 0) is 48.0 Å². The van der Waals surface area contributed by atoms with Crippen molar-refractivity contribution in [1.29, 1.82) is 0 Å². The van der Waals surface area contributed by atoms with E-state index in [1.807, 2.05) is 48.5 Å². The third kappa shape index (κ3) is 4.22. The van der Waals surface area contributed by atoms with Gasteiger partial charge < -0.3 is 4.74 Å². The average Bonchev–Trinajstić information content (AvgIpc) is 2.74. The Balaban J connectivity index is 1.48. The summed E-state index contributed by atoms with van der Waals surface area (Å²) in [6.45, 7) is -0.403. The molecule has 0 saturated heterocycles. The van der Waals surface area contributed by atoms with Crippen LogP contribution in [0.3, 0.4) is 0 Å². The zero-order valence-electron chi connectivity index (χ0n) is 15.2. The Labute approximate surface area is 171 Å². The van der Waals surface area contributed by atoms with Crippen molar-refractivity contribution in [2.24, 2.45) is 0 Å².